The van der Waals surface area contributed by atoms with Crippen molar-refractivity contribution in [2.75, 3.05) is 13.2 Å². The van der Waals surface area contributed by atoms with Gasteiger partial charge in [-0.3, -0.25) is 14.5 Å². The smallest absolute Gasteiger partial charge is 0.267 e. The molecule has 5 heteroatoms. The van der Waals surface area contributed by atoms with E-state index in [2.05, 4.69) is 0 Å². The summed E-state index contributed by atoms with van der Waals surface area (Å²) >= 11 is 1.43. The second-order valence-electron chi connectivity index (χ2n) is 6.20. The van der Waals surface area contributed by atoms with Crippen LogP contribution in [0.2, 0.25) is 0 Å². The van der Waals surface area contributed by atoms with Crippen LogP contribution in [0.5, 0.6) is 5.75 Å². The lowest BCUT2D eigenvalue weighted by atomic mass is 10.1. The lowest BCUT2D eigenvalue weighted by Gasteiger charge is -2.13. The second-order valence-corrected chi connectivity index (χ2v) is 7.18. The van der Waals surface area contributed by atoms with E-state index in [1.54, 1.807) is 0 Å². The van der Waals surface area contributed by atoms with Crippen molar-refractivity contribution >= 4 is 29.1 Å². The molecule has 1 aliphatic rings. The summed E-state index contributed by atoms with van der Waals surface area (Å²) in [5, 5.41) is 0. The van der Waals surface area contributed by atoms with Crippen molar-refractivity contribution in [1.82, 2.24) is 4.90 Å². The van der Waals surface area contributed by atoms with Crippen LogP contribution in [-0.2, 0) is 15.3 Å². The number of ether oxygens (including phenoxy) is 1. The topological polar surface area (TPSA) is 46.6 Å². The molecule has 1 aliphatic heterocycles. The van der Waals surface area contributed by atoms with E-state index in [1.165, 1.54) is 16.7 Å². The summed E-state index contributed by atoms with van der Waals surface area (Å²) < 4.78 is 5.48. The standard InChI is InChI=1S/C22H23NO3S/c1-3-14-23-21(24)19(17-10-12-18(13-11-17)26-4-2)20(22(23)25)27-15-16-8-6-5-7-9-16/h5-13H,3-4,14-15H2,1-2H3. The third-order valence-corrected chi connectivity index (χ3v) is 5.40. The maximum absolute atomic E-state index is 12.9. The fraction of sp³-hybridized carbons (Fsp3) is 0.273. The monoisotopic (exact) mass is 381 g/mol. The Bertz CT molecular complexity index is 844. The molecule has 0 saturated carbocycles. The minimum absolute atomic E-state index is 0.188. The van der Waals surface area contributed by atoms with Gasteiger partial charge in [-0.25, -0.2) is 0 Å². The predicted octanol–water partition coefficient (Wildman–Crippen LogP) is 4.51. The minimum Gasteiger partial charge on any atom is -0.494 e. The lowest BCUT2D eigenvalue weighted by Crippen LogP contribution is -2.32. The van der Waals surface area contributed by atoms with Crippen molar-refractivity contribution in [3.63, 3.8) is 0 Å². The number of imide groups is 1. The molecule has 0 saturated heterocycles. The van der Waals surface area contributed by atoms with E-state index in [1.807, 2.05) is 68.4 Å². The zero-order valence-corrected chi connectivity index (χ0v) is 16.4. The van der Waals surface area contributed by atoms with Crippen molar-refractivity contribution in [2.45, 2.75) is 26.0 Å². The molecule has 3 rings (SSSR count). The summed E-state index contributed by atoms with van der Waals surface area (Å²) in [6, 6.07) is 17.3. The number of hydrogen-bond acceptors (Lipinski definition) is 4. The number of carbonyl (C=O) groups excluding carboxylic acids is 2. The number of hydrogen-bond donors (Lipinski definition) is 0. The molecule has 0 bridgehead atoms. The molecular weight excluding hydrogens is 358 g/mol. The molecule has 27 heavy (non-hydrogen) atoms. The molecule has 1 heterocycles. The molecule has 140 valence electrons. The molecule has 4 nitrogen and oxygen atoms in total. The molecule has 2 aromatic carbocycles. The maximum Gasteiger partial charge on any atom is 0.267 e. The second kappa shape index (κ2) is 8.91. The summed E-state index contributed by atoms with van der Waals surface area (Å²) in [6.45, 7) is 4.91. The Labute approximate surface area is 164 Å². The zero-order valence-electron chi connectivity index (χ0n) is 15.6. The third-order valence-electron chi connectivity index (χ3n) is 4.25. The number of thioether (sulfide) groups is 1. The van der Waals surface area contributed by atoms with Gasteiger partial charge in [0.2, 0.25) is 0 Å². The molecule has 0 radical (unpaired) electrons. The van der Waals surface area contributed by atoms with E-state index in [0.29, 0.717) is 29.4 Å². The molecule has 0 aromatic heterocycles. The van der Waals surface area contributed by atoms with Crippen molar-refractivity contribution < 1.29 is 14.3 Å². The number of rotatable bonds is 8. The van der Waals surface area contributed by atoms with Crippen LogP contribution < -0.4 is 4.74 Å². The Balaban J connectivity index is 1.93. The van der Waals surface area contributed by atoms with E-state index >= 15 is 0 Å². The first kappa shape index (κ1) is 19.2. The minimum atomic E-state index is -0.207. The van der Waals surface area contributed by atoms with Crippen molar-refractivity contribution in [2.24, 2.45) is 0 Å². The Hall–Kier alpha value is -2.53. The maximum atomic E-state index is 12.9. The van der Waals surface area contributed by atoms with Crippen LogP contribution in [0, 0.1) is 0 Å². The molecule has 0 spiro atoms. The Morgan fingerprint density at radius 3 is 2.26 bits per heavy atom. The SMILES string of the molecule is CCCN1C(=O)C(SCc2ccccc2)=C(c2ccc(OCC)cc2)C1=O. The van der Waals surface area contributed by atoms with Gasteiger partial charge in [-0.15, -0.1) is 11.8 Å². The number of benzene rings is 2. The van der Waals surface area contributed by atoms with Crippen LogP contribution in [-0.4, -0.2) is 29.9 Å². The van der Waals surface area contributed by atoms with Gasteiger partial charge >= 0.3 is 0 Å². The van der Waals surface area contributed by atoms with Gasteiger partial charge in [0.05, 0.1) is 17.1 Å². The van der Waals surface area contributed by atoms with Gasteiger partial charge in [0.25, 0.3) is 11.8 Å². The quantitative estimate of drug-likeness (QED) is 0.631. The van der Waals surface area contributed by atoms with Crippen LogP contribution in [0.1, 0.15) is 31.4 Å². The molecule has 0 aliphatic carbocycles. The molecule has 0 fully saturated rings. The first-order valence-electron chi connectivity index (χ1n) is 9.16. The fourth-order valence-corrected chi connectivity index (χ4v) is 4.07. The Morgan fingerprint density at radius 2 is 1.63 bits per heavy atom. The summed E-state index contributed by atoms with van der Waals surface area (Å²) in [7, 11) is 0. The van der Waals surface area contributed by atoms with Gasteiger partial charge < -0.3 is 4.74 Å². The summed E-state index contributed by atoms with van der Waals surface area (Å²) in [5.74, 6) is 1.01. The van der Waals surface area contributed by atoms with Crippen LogP contribution >= 0.6 is 11.8 Å². The van der Waals surface area contributed by atoms with Crippen LogP contribution in [0.15, 0.2) is 59.5 Å². The average molecular weight is 381 g/mol. The molecule has 2 aromatic rings. The first-order chi connectivity index (χ1) is 13.2. The largest absolute Gasteiger partial charge is 0.494 e. The number of amides is 2. The van der Waals surface area contributed by atoms with E-state index in [-0.39, 0.29) is 11.8 Å². The Morgan fingerprint density at radius 1 is 0.926 bits per heavy atom. The van der Waals surface area contributed by atoms with Crippen molar-refractivity contribution in [3.8, 4) is 5.75 Å². The first-order valence-corrected chi connectivity index (χ1v) is 10.1. The number of nitrogens with zero attached hydrogens (tertiary/aromatic N) is 1. The van der Waals surface area contributed by atoms with Crippen molar-refractivity contribution in [1.29, 1.82) is 0 Å². The highest BCUT2D eigenvalue weighted by Gasteiger charge is 2.38. The fourth-order valence-electron chi connectivity index (χ4n) is 2.98. The van der Waals surface area contributed by atoms with E-state index in [0.717, 1.165) is 23.3 Å². The van der Waals surface area contributed by atoms with Gasteiger partial charge in [-0.2, -0.15) is 0 Å². The van der Waals surface area contributed by atoms with E-state index in [9.17, 15) is 9.59 Å². The Kier molecular flexibility index (Phi) is 6.35. The summed E-state index contributed by atoms with van der Waals surface area (Å²) in [6.07, 6.45) is 0.741. The van der Waals surface area contributed by atoms with Gasteiger partial charge in [0.15, 0.2) is 0 Å². The van der Waals surface area contributed by atoms with Crippen LogP contribution in [0.4, 0.5) is 0 Å². The van der Waals surface area contributed by atoms with Crippen molar-refractivity contribution in [3.05, 3.63) is 70.6 Å². The lowest BCUT2D eigenvalue weighted by molar-refractivity contribution is -0.136. The van der Waals surface area contributed by atoms with E-state index in [4.69, 9.17) is 4.74 Å². The summed E-state index contributed by atoms with van der Waals surface area (Å²) in [5.41, 5.74) is 2.37. The third kappa shape index (κ3) is 4.25. The average Bonchev–Trinajstić information content (AvgIpc) is 2.93. The zero-order chi connectivity index (χ0) is 19.2. The summed E-state index contributed by atoms with van der Waals surface area (Å²) in [4.78, 5) is 27.7. The van der Waals surface area contributed by atoms with E-state index < -0.39 is 0 Å². The van der Waals surface area contributed by atoms with Crippen LogP contribution in [0.25, 0.3) is 5.57 Å². The van der Waals surface area contributed by atoms with Gasteiger partial charge in [0.1, 0.15) is 5.75 Å². The molecule has 0 atom stereocenters. The highest BCUT2D eigenvalue weighted by Crippen LogP contribution is 2.38. The molecule has 0 unspecified atom stereocenters. The normalized spacial score (nSPS) is 14.2. The van der Waals surface area contributed by atoms with Gasteiger partial charge in [0, 0.05) is 12.3 Å². The van der Waals surface area contributed by atoms with Crippen LogP contribution in [0.3, 0.4) is 0 Å². The molecule has 2 amide bonds. The molecule has 0 N–H and O–H groups in total. The predicted molar refractivity (Wildman–Crippen MR) is 109 cm³/mol. The highest BCUT2D eigenvalue weighted by atomic mass is 32.2. The molecular formula is C22H23NO3S. The van der Waals surface area contributed by atoms with Gasteiger partial charge in [-0.1, -0.05) is 49.4 Å². The highest BCUT2D eigenvalue weighted by molar-refractivity contribution is 8.03. The van der Waals surface area contributed by atoms with Gasteiger partial charge in [-0.05, 0) is 36.6 Å². The number of carbonyl (C=O) groups is 2.